The van der Waals surface area contributed by atoms with Gasteiger partial charge < -0.3 is 9.64 Å². The second-order valence-electron chi connectivity index (χ2n) is 6.45. The number of nitrogens with zero attached hydrogens (tertiary/aromatic N) is 2. The summed E-state index contributed by atoms with van der Waals surface area (Å²) < 4.78 is 6.38. The van der Waals surface area contributed by atoms with E-state index >= 15 is 0 Å². The highest BCUT2D eigenvalue weighted by atomic mass is 35.5. The Kier molecular flexibility index (Phi) is 6.28. The Hall–Kier alpha value is -1.21. The average Bonchev–Trinajstić information content (AvgIpc) is 3.06. The molecule has 1 amide bonds. The first-order valence-corrected chi connectivity index (χ1v) is 10.1. The van der Waals surface area contributed by atoms with Crippen molar-refractivity contribution in [3.8, 4) is 0 Å². The molecule has 5 nitrogen and oxygen atoms in total. The molecule has 0 spiro atoms. The van der Waals surface area contributed by atoms with Gasteiger partial charge in [-0.3, -0.25) is 9.69 Å². The number of thiazole rings is 1. The van der Waals surface area contributed by atoms with Crippen molar-refractivity contribution in [1.82, 2.24) is 4.98 Å². The molecular weight excluding hydrogens is 358 g/mol. The lowest BCUT2D eigenvalue weighted by Gasteiger charge is -2.26. The van der Waals surface area contributed by atoms with Gasteiger partial charge in [-0.05, 0) is 25.0 Å². The molecule has 1 fully saturated rings. The number of ether oxygens (including phenoxy) is 1. The number of quaternary nitrogens is 1. The number of hydrogen-bond donors (Lipinski definition) is 1. The summed E-state index contributed by atoms with van der Waals surface area (Å²) in [5.74, 6) is 0.142. The van der Waals surface area contributed by atoms with Gasteiger partial charge in [0.2, 0.25) is 5.91 Å². The van der Waals surface area contributed by atoms with Gasteiger partial charge in [-0.2, -0.15) is 0 Å². The third kappa shape index (κ3) is 4.31. The molecule has 1 aliphatic heterocycles. The number of nitrogens with one attached hydrogen (secondary N) is 1. The van der Waals surface area contributed by atoms with Crippen LogP contribution in [-0.4, -0.2) is 50.3 Å². The van der Waals surface area contributed by atoms with E-state index in [0.29, 0.717) is 18.0 Å². The van der Waals surface area contributed by atoms with Gasteiger partial charge >= 0.3 is 0 Å². The maximum absolute atomic E-state index is 12.7. The summed E-state index contributed by atoms with van der Waals surface area (Å²) >= 11 is 7.85. The largest absolute Gasteiger partial charge is 0.370 e. The number of rotatable bonds is 6. The molecule has 25 heavy (non-hydrogen) atoms. The van der Waals surface area contributed by atoms with E-state index in [4.69, 9.17) is 21.3 Å². The second kappa shape index (κ2) is 8.45. The van der Waals surface area contributed by atoms with Crippen LogP contribution < -0.4 is 9.80 Å². The van der Waals surface area contributed by atoms with Gasteiger partial charge in [-0.25, -0.2) is 4.98 Å². The zero-order valence-corrected chi connectivity index (χ0v) is 16.4. The van der Waals surface area contributed by atoms with Crippen LogP contribution in [0, 0.1) is 6.92 Å². The van der Waals surface area contributed by atoms with Crippen LogP contribution in [0.5, 0.6) is 0 Å². The van der Waals surface area contributed by atoms with Crippen molar-refractivity contribution in [1.29, 1.82) is 0 Å². The SMILES string of the molecule is CCCC(=O)N(CC[NH+]1CCOCC1)c1nc2c(C)ccc(Cl)c2s1. The molecule has 136 valence electrons. The van der Waals surface area contributed by atoms with Crippen LogP contribution in [0.3, 0.4) is 0 Å². The Morgan fingerprint density at radius 3 is 2.84 bits per heavy atom. The van der Waals surface area contributed by atoms with Gasteiger partial charge in [0.15, 0.2) is 5.13 Å². The van der Waals surface area contributed by atoms with E-state index < -0.39 is 0 Å². The maximum Gasteiger partial charge on any atom is 0.228 e. The number of aromatic nitrogens is 1. The standard InChI is InChI=1S/C18H24ClN3O2S/c1-3-4-15(23)22(8-7-21-9-11-24-12-10-21)18-20-16-13(2)5-6-14(19)17(16)25-18/h5-6H,3-4,7-12H2,1-2H3/p+1. The summed E-state index contributed by atoms with van der Waals surface area (Å²) in [6, 6.07) is 3.88. The van der Waals surface area contributed by atoms with Crippen molar-refractivity contribution in [3.05, 3.63) is 22.7 Å². The molecule has 2 aromatic rings. The summed E-state index contributed by atoms with van der Waals surface area (Å²) in [7, 11) is 0. The monoisotopic (exact) mass is 382 g/mol. The molecule has 0 bridgehead atoms. The fraction of sp³-hybridized carbons (Fsp3) is 0.556. The number of carbonyl (C=O) groups is 1. The van der Waals surface area contributed by atoms with Gasteiger partial charge in [0, 0.05) is 6.42 Å². The number of carbonyl (C=O) groups excluding carboxylic acids is 1. The van der Waals surface area contributed by atoms with E-state index in [1.54, 1.807) is 0 Å². The van der Waals surface area contributed by atoms with Crippen LogP contribution in [0.15, 0.2) is 12.1 Å². The van der Waals surface area contributed by atoms with E-state index in [1.807, 2.05) is 30.9 Å². The minimum atomic E-state index is 0.142. The second-order valence-corrected chi connectivity index (χ2v) is 7.83. The highest BCUT2D eigenvalue weighted by molar-refractivity contribution is 7.23. The minimum Gasteiger partial charge on any atom is -0.370 e. The molecule has 2 heterocycles. The summed E-state index contributed by atoms with van der Waals surface area (Å²) in [5, 5.41) is 1.46. The van der Waals surface area contributed by atoms with Gasteiger partial charge in [0.25, 0.3) is 0 Å². The highest BCUT2D eigenvalue weighted by Crippen LogP contribution is 2.35. The Labute approximate surface area is 157 Å². The summed E-state index contributed by atoms with van der Waals surface area (Å²) in [5.41, 5.74) is 1.99. The predicted octanol–water partition coefficient (Wildman–Crippen LogP) is 2.31. The lowest BCUT2D eigenvalue weighted by Crippen LogP contribution is -3.14. The zero-order valence-electron chi connectivity index (χ0n) is 14.8. The first kappa shape index (κ1) is 18.6. The van der Waals surface area contributed by atoms with Crippen molar-refractivity contribution in [2.75, 3.05) is 44.3 Å². The molecule has 0 atom stereocenters. The number of halogens is 1. The first-order valence-electron chi connectivity index (χ1n) is 8.87. The summed E-state index contributed by atoms with van der Waals surface area (Å²) in [4.78, 5) is 20.8. The zero-order chi connectivity index (χ0) is 17.8. The van der Waals surface area contributed by atoms with Crippen LogP contribution >= 0.6 is 22.9 Å². The number of amides is 1. The summed E-state index contributed by atoms with van der Waals surface area (Å²) in [6.45, 7) is 9.26. The van der Waals surface area contributed by atoms with Crippen molar-refractivity contribution >= 4 is 44.2 Å². The Balaban J connectivity index is 1.84. The van der Waals surface area contributed by atoms with Gasteiger partial charge in [0.1, 0.15) is 13.1 Å². The Morgan fingerprint density at radius 1 is 1.40 bits per heavy atom. The quantitative estimate of drug-likeness (QED) is 0.833. The van der Waals surface area contributed by atoms with Gasteiger partial charge in [0.05, 0.1) is 41.5 Å². The lowest BCUT2D eigenvalue weighted by molar-refractivity contribution is -0.906. The molecule has 1 aliphatic rings. The number of anilines is 1. The van der Waals surface area contributed by atoms with Crippen molar-refractivity contribution in [3.63, 3.8) is 0 Å². The number of fused-ring (bicyclic) bond motifs is 1. The maximum atomic E-state index is 12.7. The van der Waals surface area contributed by atoms with Crippen molar-refractivity contribution in [2.45, 2.75) is 26.7 Å². The Morgan fingerprint density at radius 2 is 2.16 bits per heavy atom. The summed E-state index contributed by atoms with van der Waals surface area (Å²) in [6.07, 6.45) is 1.38. The number of hydrogen-bond acceptors (Lipinski definition) is 4. The first-order chi connectivity index (χ1) is 12.1. The van der Waals surface area contributed by atoms with E-state index in [-0.39, 0.29) is 5.91 Å². The van der Waals surface area contributed by atoms with E-state index in [1.165, 1.54) is 16.2 Å². The number of morpholine rings is 1. The van der Waals surface area contributed by atoms with E-state index in [0.717, 1.165) is 60.2 Å². The molecule has 0 unspecified atom stereocenters. The van der Waals surface area contributed by atoms with Crippen LogP contribution in [0.2, 0.25) is 5.02 Å². The molecule has 1 aromatic carbocycles. The lowest BCUT2D eigenvalue weighted by atomic mass is 10.2. The third-order valence-corrected chi connectivity index (χ3v) is 6.11. The minimum absolute atomic E-state index is 0.142. The van der Waals surface area contributed by atoms with Crippen LogP contribution in [0.25, 0.3) is 10.2 Å². The topological polar surface area (TPSA) is 46.9 Å². The van der Waals surface area contributed by atoms with Crippen molar-refractivity contribution < 1.29 is 14.4 Å². The smallest absolute Gasteiger partial charge is 0.228 e. The molecule has 1 N–H and O–H groups in total. The fourth-order valence-corrected chi connectivity index (χ4v) is 4.42. The van der Waals surface area contributed by atoms with E-state index in [2.05, 4.69) is 0 Å². The molecule has 0 saturated carbocycles. The third-order valence-electron chi connectivity index (χ3n) is 4.57. The molecule has 7 heteroatoms. The predicted molar refractivity (Wildman–Crippen MR) is 103 cm³/mol. The van der Waals surface area contributed by atoms with Crippen LogP contribution in [-0.2, 0) is 9.53 Å². The molecular formula is C18H25ClN3O2S+. The highest BCUT2D eigenvalue weighted by Gasteiger charge is 2.23. The number of benzene rings is 1. The average molecular weight is 383 g/mol. The van der Waals surface area contributed by atoms with Gasteiger partial charge in [-0.15, -0.1) is 0 Å². The normalized spacial score (nSPS) is 15.6. The van der Waals surface area contributed by atoms with Gasteiger partial charge in [-0.1, -0.05) is 35.9 Å². The van der Waals surface area contributed by atoms with E-state index in [9.17, 15) is 4.79 Å². The molecule has 0 aliphatic carbocycles. The molecule has 1 saturated heterocycles. The fourth-order valence-electron chi connectivity index (χ4n) is 3.06. The van der Waals surface area contributed by atoms with Crippen LogP contribution in [0.1, 0.15) is 25.3 Å². The van der Waals surface area contributed by atoms with Crippen LogP contribution in [0.4, 0.5) is 5.13 Å². The molecule has 0 radical (unpaired) electrons. The molecule has 1 aromatic heterocycles. The molecule has 3 rings (SSSR count). The number of aryl methyl sites for hydroxylation is 1. The van der Waals surface area contributed by atoms with Crippen molar-refractivity contribution in [2.24, 2.45) is 0 Å². The Bertz CT molecular complexity index is 704.